The van der Waals surface area contributed by atoms with Gasteiger partial charge in [-0.2, -0.15) is 13.2 Å². The molecule has 0 aliphatic carbocycles. The Bertz CT molecular complexity index is 585. The van der Waals surface area contributed by atoms with Crippen LogP contribution in [-0.2, 0) is 24.3 Å². The van der Waals surface area contributed by atoms with Gasteiger partial charge in [0.15, 0.2) is 0 Å². The Morgan fingerprint density at radius 2 is 1.88 bits per heavy atom. The van der Waals surface area contributed by atoms with E-state index in [1.807, 2.05) is 0 Å². The lowest BCUT2D eigenvalue weighted by atomic mass is 9.95. The molecule has 0 aromatic heterocycles. The minimum absolute atomic E-state index is 1.05. The third kappa shape index (κ3) is 5.98. The second-order valence-electron chi connectivity index (χ2n) is 6.36. The van der Waals surface area contributed by atoms with Crippen molar-refractivity contribution in [1.29, 1.82) is 0 Å². The summed E-state index contributed by atoms with van der Waals surface area (Å²) in [5.74, 6) is -2.76. The summed E-state index contributed by atoms with van der Waals surface area (Å²) in [5, 5.41) is 10.6. The maximum Gasteiger partial charge on any atom is 0.490 e. The average molecular weight is 359 g/mol. The highest BCUT2D eigenvalue weighted by atomic mass is 19.4. The lowest BCUT2D eigenvalue weighted by Crippen LogP contribution is -2.44. The maximum atomic E-state index is 10.6. The summed E-state index contributed by atoms with van der Waals surface area (Å²) in [6.07, 6.45) is -3.89. The third-order valence-corrected chi connectivity index (χ3v) is 4.47. The number of nitrogens with zero attached hydrogens (tertiary/aromatic N) is 2. The largest absolute Gasteiger partial charge is 0.490 e. The summed E-state index contributed by atoms with van der Waals surface area (Å²) >= 11 is 0. The molecule has 1 saturated heterocycles. The van der Waals surface area contributed by atoms with Gasteiger partial charge in [0.05, 0.1) is 0 Å². The van der Waals surface area contributed by atoms with Crippen LogP contribution in [0, 0.1) is 0 Å². The number of hydrogen-bond acceptors (Lipinski definition) is 4. The summed E-state index contributed by atoms with van der Waals surface area (Å²) in [4.78, 5) is 13.9. The fraction of sp³-hybridized carbons (Fsp3) is 0.588. The molecule has 0 saturated carbocycles. The van der Waals surface area contributed by atoms with Crippen LogP contribution >= 0.6 is 0 Å². The number of hydrogen-bond donors (Lipinski definition) is 2. The molecule has 0 unspecified atom stereocenters. The summed E-state index contributed by atoms with van der Waals surface area (Å²) in [5.41, 5.74) is 4.67. The zero-order valence-corrected chi connectivity index (χ0v) is 14.3. The number of nitrogens with one attached hydrogen (secondary N) is 1. The minimum Gasteiger partial charge on any atom is -0.475 e. The first-order valence-corrected chi connectivity index (χ1v) is 8.28. The van der Waals surface area contributed by atoms with E-state index in [0.717, 1.165) is 19.6 Å². The first-order valence-electron chi connectivity index (χ1n) is 8.28. The topological polar surface area (TPSA) is 55.8 Å². The van der Waals surface area contributed by atoms with Gasteiger partial charge in [-0.3, -0.25) is 4.90 Å². The number of carbonyl (C=O) groups is 1. The maximum absolute atomic E-state index is 10.6. The molecular weight excluding hydrogens is 335 g/mol. The van der Waals surface area contributed by atoms with E-state index < -0.39 is 12.1 Å². The Hall–Kier alpha value is -1.64. The molecule has 2 aliphatic heterocycles. The highest BCUT2D eigenvalue weighted by Crippen LogP contribution is 2.20. The van der Waals surface area contributed by atoms with Crippen molar-refractivity contribution in [3.8, 4) is 0 Å². The molecule has 25 heavy (non-hydrogen) atoms. The standard InChI is InChI=1S/C15H23N3.C2HF3O2/c1-17-7-9-18(10-8-17)12-14-4-2-3-13-11-16-6-5-15(13)14;3-2(4,5)1(6)7/h2-4,16H,5-12H2,1H3;(H,6,7). The molecule has 0 atom stereocenters. The molecule has 3 rings (SSSR count). The fourth-order valence-electron chi connectivity index (χ4n) is 3.01. The quantitative estimate of drug-likeness (QED) is 0.842. The summed E-state index contributed by atoms with van der Waals surface area (Å²) in [6.45, 7) is 8.14. The van der Waals surface area contributed by atoms with Gasteiger partial charge in [-0.05, 0) is 36.7 Å². The van der Waals surface area contributed by atoms with E-state index in [1.165, 1.54) is 38.2 Å². The molecule has 0 bridgehead atoms. The Morgan fingerprint density at radius 1 is 1.24 bits per heavy atom. The van der Waals surface area contributed by atoms with Crippen molar-refractivity contribution in [2.24, 2.45) is 0 Å². The van der Waals surface area contributed by atoms with E-state index in [1.54, 1.807) is 11.1 Å². The zero-order valence-electron chi connectivity index (χ0n) is 14.3. The number of carboxylic acid groups (broad SMARTS) is 1. The number of carboxylic acids is 1. The number of rotatable bonds is 2. The number of likely N-dealkylation sites (N-methyl/N-ethyl adjacent to an activating group) is 1. The van der Waals surface area contributed by atoms with Crippen molar-refractivity contribution in [2.45, 2.75) is 25.7 Å². The molecule has 2 aliphatic rings. The first-order chi connectivity index (χ1) is 11.8. The molecule has 0 amide bonds. The van der Waals surface area contributed by atoms with E-state index in [0.29, 0.717) is 0 Å². The van der Waals surface area contributed by atoms with E-state index >= 15 is 0 Å². The second kappa shape index (κ2) is 8.64. The van der Waals surface area contributed by atoms with Crippen LogP contribution in [0.3, 0.4) is 0 Å². The van der Waals surface area contributed by atoms with Crippen molar-refractivity contribution in [2.75, 3.05) is 39.8 Å². The van der Waals surface area contributed by atoms with Gasteiger partial charge in [-0.1, -0.05) is 18.2 Å². The monoisotopic (exact) mass is 359 g/mol. The Labute approximate surface area is 145 Å². The molecule has 140 valence electrons. The molecule has 5 nitrogen and oxygen atoms in total. The van der Waals surface area contributed by atoms with Gasteiger partial charge in [0.2, 0.25) is 0 Å². The third-order valence-electron chi connectivity index (χ3n) is 4.47. The number of halogens is 3. The van der Waals surface area contributed by atoms with Gasteiger partial charge >= 0.3 is 12.1 Å². The normalized spacial score (nSPS) is 18.9. The van der Waals surface area contributed by atoms with Crippen LogP contribution < -0.4 is 5.32 Å². The SMILES string of the molecule is CN1CCN(Cc2cccc3c2CCNC3)CC1.O=C(O)C(F)(F)F. The molecule has 0 spiro atoms. The van der Waals surface area contributed by atoms with E-state index in [9.17, 15) is 13.2 Å². The lowest BCUT2D eigenvalue weighted by molar-refractivity contribution is -0.192. The molecule has 1 fully saturated rings. The van der Waals surface area contributed by atoms with Gasteiger partial charge in [-0.15, -0.1) is 0 Å². The Morgan fingerprint density at radius 3 is 2.48 bits per heavy atom. The number of fused-ring (bicyclic) bond motifs is 1. The second-order valence-corrected chi connectivity index (χ2v) is 6.36. The van der Waals surface area contributed by atoms with Crippen molar-refractivity contribution in [1.82, 2.24) is 15.1 Å². The minimum atomic E-state index is -5.08. The van der Waals surface area contributed by atoms with Crippen molar-refractivity contribution in [3.05, 3.63) is 34.9 Å². The Kier molecular flexibility index (Phi) is 6.80. The van der Waals surface area contributed by atoms with Crippen LogP contribution in [-0.4, -0.2) is 66.8 Å². The molecule has 8 heteroatoms. The molecular formula is C17H24F3N3O2. The number of piperazine rings is 1. The predicted molar refractivity (Wildman–Crippen MR) is 88.3 cm³/mol. The smallest absolute Gasteiger partial charge is 0.475 e. The predicted octanol–water partition coefficient (Wildman–Crippen LogP) is 1.71. The number of aliphatic carboxylic acids is 1. The van der Waals surface area contributed by atoms with Crippen molar-refractivity contribution < 1.29 is 23.1 Å². The van der Waals surface area contributed by atoms with Gasteiger partial charge in [-0.25, -0.2) is 4.79 Å². The highest BCUT2D eigenvalue weighted by Gasteiger charge is 2.38. The van der Waals surface area contributed by atoms with Crippen molar-refractivity contribution in [3.63, 3.8) is 0 Å². The van der Waals surface area contributed by atoms with E-state index in [2.05, 4.69) is 40.4 Å². The lowest BCUT2D eigenvalue weighted by Gasteiger charge is -2.33. The van der Waals surface area contributed by atoms with Crippen LogP contribution in [0.2, 0.25) is 0 Å². The average Bonchev–Trinajstić information content (AvgIpc) is 2.57. The summed E-state index contributed by atoms with van der Waals surface area (Å²) in [6, 6.07) is 6.81. The molecule has 1 aromatic carbocycles. The number of alkyl halides is 3. The molecule has 0 radical (unpaired) electrons. The van der Waals surface area contributed by atoms with E-state index in [4.69, 9.17) is 9.90 Å². The summed E-state index contributed by atoms with van der Waals surface area (Å²) < 4.78 is 31.7. The van der Waals surface area contributed by atoms with Crippen LogP contribution in [0.15, 0.2) is 18.2 Å². The Balaban J connectivity index is 0.000000277. The van der Waals surface area contributed by atoms with Crippen LogP contribution in [0.1, 0.15) is 16.7 Å². The molecule has 1 aromatic rings. The van der Waals surface area contributed by atoms with Gasteiger partial charge in [0.25, 0.3) is 0 Å². The fourth-order valence-corrected chi connectivity index (χ4v) is 3.01. The van der Waals surface area contributed by atoms with Gasteiger partial charge < -0.3 is 15.3 Å². The van der Waals surface area contributed by atoms with Gasteiger partial charge in [0.1, 0.15) is 0 Å². The van der Waals surface area contributed by atoms with Crippen LogP contribution in [0.5, 0.6) is 0 Å². The van der Waals surface area contributed by atoms with Crippen LogP contribution in [0.4, 0.5) is 13.2 Å². The highest BCUT2D eigenvalue weighted by molar-refractivity contribution is 5.73. The zero-order chi connectivity index (χ0) is 18.4. The number of benzene rings is 1. The van der Waals surface area contributed by atoms with Crippen molar-refractivity contribution >= 4 is 5.97 Å². The molecule has 2 N–H and O–H groups in total. The van der Waals surface area contributed by atoms with Gasteiger partial charge in [0, 0.05) is 39.3 Å². The van der Waals surface area contributed by atoms with Crippen LogP contribution in [0.25, 0.3) is 0 Å². The first kappa shape index (κ1) is 19.7. The molecule has 2 heterocycles. The van der Waals surface area contributed by atoms with E-state index in [-0.39, 0.29) is 0 Å². The summed E-state index contributed by atoms with van der Waals surface area (Å²) in [7, 11) is 2.22.